The van der Waals surface area contributed by atoms with Crippen LogP contribution in [0.15, 0.2) is 36.4 Å². The molecule has 208 valence electrons. The minimum atomic E-state index is 0.112. The Morgan fingerprint density at radius 2 is 1.80 bits per heavy atom. The Morgan fingerprint density at radius 1 is 1.02 bits per heavy atom. The standard InChI is InChI=1S/C30H35N7O3/c1-35-25-26(33-29(35)40-24-15-22(38)14-19-6-2-3-7-23(19)24)32-28(39-18-30-10-4-12-37(30)13-5-11-30)34-27(25)36-16-20-8-9-21(17-36)31-20/h2-3,6-7,14-15,20-21,31,38H,4-5,8-13,16-18H2,1H3. The van der Waals surface area contributed by atoms with Gasteiger partial charge in [-0.2, -0.15) is 15.0 Å². The molecule has 0 spiro atoms. The normalized spacial score (nSPS) is 23.8. The van der Waals surface area contributed by atoms with Gasteiger partial charge >= 0.3 is 12.0 Å². The number of phenolic OH excluding ortho intramolecular Hbond substituents is 1. The number of benzene rings is 2. The lowest BCUT2D eigenvalue weighted by Crippen LogP contribution is -2.51. The molecule has 10 heteroatoms. The quantitative estimate of drug-likeness (QED) is 0.376. The molecule has 2 bridgehead atoms. The minimum absolute atomic E-state index is 0.112. The summed E-state index contributed by atoms with van der Waals surface area (Å²) in [5.41, 5.74) is 1.50. The highest BCUT2D eigenvalue weighted by Gasteiger charge is 2.45. The molecule has 2 atom stereocenters. The Kier molecular flexibility index (Phi) is 5.57. The van der Waals surface area contributed by atoms with Crippen LogP contribution in [0.4, 0.5) is 5.82 Å². The predicted octanol–water partition coefficient (Wildman–Crippen LogP) is 3.96. The summed E-state index contributed by atoms with van der Waals surface area (Å²) < 4.78 is 14.7. The molecule has 4 fully saturated rings. The first-order valence-corrected chi connectivity index (χ1v) is 14.6. The van der Waals surface area contributed by atoms with Gasteiger partial charge in [0.2, 0.25) is 0 Å². The maximum absolute atomic E-state index is 10.4. The molecule has 4 aliphatic heterocycles. The van der Waals surface area contributed by atoms with Gasteiger partial charge in [-0.25, -0.2) is 0 Å². The second-order valence-corrected chi connectivity index (χ2v) is 12.0. The number of anilines is 1. The van der Waals surface area contributed by atoms with Crippen molar-refractivity contribution >= 4 is 27.8 Å². The number of aromatic nitrogens is 4. The highest BCUT2D eigenvalue weighted by Crippen LogP contribution is 2.40. The van der Waals surface area contributed by atoms with Crippen molar-refractivity contribution in [3.05, 3.63) is 36.4 Å². The first-order chi connectivity index (χ1) is 19.5. The molecule has 0 aliphatic carbocycles. The highest BCUT2D eigenvalue weighted by atomic mass is 16.5. The van der Waals surface area contributed by atoms with E-state index in [9.17, 15) is 5.11 Å². The third-order valence-corrected chi connectivity index (χ3v) is 9.46. The zero-order valence-electron chi connectivity index (χ0n) is 22.8. The number of piperazine rings is 1. The van der Waals surface area contributed by atoms with E-state index in [1.54, 1.807) is 12.1 Å². The Hall–Kier alpha value is -3.63. The van der Waals surface area contributed by atoms with Gasteiger partial charge in [-0.3, -0.25) is 9.47 Å². The fraction of sp³-hybridized carbons (Fsp3) is 0.500. The molecule has 0 radical (unpaired) electrons. The fourth-order valence-electron chi connectivity index (χ4n) is 7.50. The van der Waals surface area contributed by atoms with E-state index >= 15 is 0 Å². The first kappa shape index (κ1) is 24.2. The van der Waals surface area contributed by atoms with Crippen LogP contribution in [-0.4, -0.2) is 79.9 Å². The summed E-state index contributed by atoms with van der Waals surface area (Å²) in [4.78, 5) is 19.6. The zero-order valence-corrected chi connectivity index (χ0v) is 22.8. The molecule has 6 heterocycles. The van der Waals surface area contributed by atoms with Crippen LogP contribution in [0.5, 0.6) is 23.5 Å². The average molecular weight is 542 g/mol. The lowest BCUT2D eigenvalue weighted by Gasteiger charge is -2.34. The van der Waals surface area contributed by atoms with Gasteiger partial charge in [-0.05, 0) is 63.1 Å². The number of nitrogens with one attached hydrogen (secondary N) is 1. The molecule has 2 aromatic heterocycles. The van der Waals surface area contributed by atoms with Crippen molar-refractivity contribution in [1.29, 1.82) is 0 Å². The summed E-state index contributed by atoms with van der Waals surface area (Å²) >= 11 is 0. The van der Waals surface area contributed by atoms with Gasteiger partial charge in [0.25, 0.3) is 0 Å². The number of hydrogen-bond acceptors (Lipinski definition) is 9. The summed E-state index contributed by atoms with van der Waals surface area (Å²) in [6.07, 6.45) is 7.15. The summed E-state index contributed by atoms with van der Waals surface area (Å²) in [6, 6.07) is 12.9. The van der Waals surface area contributed by atoms with Crippen LogP contribution in [-0.2, 0) is 7.05 Å². The number of hydrogen-bond donors (Lipinski definition) is 2. The molecule has 4 aliphatic rings. The van der Waals surface area contributed by atoms with Gasteiger partial charge < -0.3 is 24.8 Å². The third kappa shape index (κ3) is 3.96. The van der Waals surface area contributed by atoms with Crippen molar-refractivity contribution in [2.45, 2.75) is 56.1 Å². The third-order valence-electron chi connectivity index (χ3n) is 9.46. The Morgan fingerprint density at radius 3 is 2.60 bits per heavy atom. The lowest BCUT2D eigenvalue weighted by atomic mass is 9.95. The van der Waals surface area contributed by atoms with E-state index in [0.717, 1.165) is 48.3 Å². The number of phenols is 1. The Labute approximate surface area is 232 Å². The number of aromatic hydroxyl groups is 1. The van der Waals surface area contributed by atoms with Crippen molar-refractivity contribution in [2.24, 2.45) is 7.05 Å². The van der Waals surface area contributed by atoms with Gasteiger partial charge in [0, 0.05) is 43.7 Å². The number of aryl methyl sites for hydroxylation is 1. The van der Waals surface area contributed by atoms with Gasteiger partial charge in [-0.15, -0.1) is 0 Å². The summed E-state index contributed by atoms with van der Waals surface area (Å²) in [7, 11) is 1.94. The number of fused-ring (bicyclic) bond motifs is 5. The molecule has 2 unspecified atom stereocenters. The molecular formula is C30H35N7O3. The summed E-state index contributed by atoms with van der Waals surface area (Å²) in [5, 5.41) is 15.9. The van der Waals surface area contributed by atoms with Crippen molar-refractivity contribution in [2.75, 3.05) is 37.7 Å². The number of rotatable bonds is 6. The van der Waals surface area contributed by atoms with Crippen LogP contribution < -0.4 is 19.7 Å². The van der Waals surface area contributed by atoms with E-state index < -0.39 is 0 Å². The van der Waals surface area contributed by atoms with Crippen molar-refractivity contribution < 1.29 is 14.6 Å². The molecule has 0 amide bonds. The van der Waals surface area contributed by atoms with E-state index in [1.807, 2.05) is 35.9 Å². The number of nitrogens with zero attached hydrogens (tertiary/aromatic N) is 6. The fourth-order valence-corrected chi connectivity index (χ4v) is 7.50. The molecule has 10 nitrogen and oxygen atoms in total. The Bertz CT molecular complexity index is 1580. The average Bonchev–Trinajstić information content (AvgIpc) is 3.70. The van der Waals surface area contributed by atoms with Gasteiger partial charge in [0.1, 0.15) is 23.6 Å². The predicted molar refractivity (Wildman–Crippen MR) is 152 cm³/mol. The van der Waals surface area contributed by atoms with E-state index in [4.69, 9.17) is 24.4 Å². The molecule has 0 saturated carbocycles. The van der Waals surface area contributed by atoms with Crippen molar-refractivity contribution in [3.63, 3.8) is 0 Å². The number of ether oxygens (including phenoxy) is 2. The minimum Gasteiger partial charge on any atom is -0.508 e. The van der Waals surface area contributed by atoms with Crippen LogP contribution in [0.2, 0.25) is 0 Å². The lowest BCUT2D eigenvalue weighted by molar-refractivity contribution is 0.108. The largest absolute Gasteiger partial charge is 0.508 e. The van der Waals surface area contributed by atoms with E-state index in [2.05, 4.69) is 15.1 Å². The van der Waals surface area contributed by atoms with E-state index in [1.165, 1.54) is 38.5 Å². The molecule has 8 rings (SSSR count). The summed E-state index contributed by atoms with van der Waals surface area (Å²) in [6.45, 7) is 4.69. The van der Waals surface area contributed by atoms with E-state index in [0.29, 0.717) is 42.1 Å². The van der Waals surface area contributed by atoms with Crippen LogP contribution >= 0.6 is 0 Å². The summed E-state index contributed by atoms with van der Waals surface area (Å²) in [5.74, 6) is 1.53. The van der Waals surface area contributed by atoms with Gasteiger partial charge in [0.15, 0.2) is 11.5 Å². The maximum Gasteiger partial charge on any atom is 0.320 e. The van der Waals surface area contributed by atoms with Crippen LogP contribution in [0.3, 0.4) is 0 Å². The maximum atomic E-state index is 10.4. The molecule has 2 aromatic carbocycles. The molecule has 40 heavy (non-hydrogen) atoms. The van der Waals surface area contributed by atoms with Crippen molar-refractivity contribution in [3.8, 4) is 23.5 Å². The molecule has 4 aromatic rings. The van der Waals surface area contributed by atoms with Gasteiger partial charge in [-0.1, -0.05) is 24.3 Å². The molecular weight excluding hydrogens is 506 g/mol. The number of imidazole rings is 1. The Balaban J connectivity index is 1.19. The second kappa shape index (κ2) is 9.21. The van der Waals surface area contributed by atoms with E-state index in [-0.39, 0.29) is 11.3 Å². The second-order valence-electron chi connectivity index (χ2n) is 12.0. The van der Waals surface area contributed by atoms with Gasteiger partial charge in [0.05, 0.1) is 5.54 Å². The SMILES string of the molecule is Cn1c(Oc2cc(O)cc3ccccc23)nc2nc(OCC34CCCN3CCC4)nc(N3CC4CCC(C3)N4)c21. The molecule has 4 saturated heterocycles. The topological polar surface area (TPSA) is 101 Å². The van der Waals surface area contributed by atoms with Crippen molar-refractivity contribution in [1.82, 2.24) is 29.7 Å². The highest BCUT2D eigenvalue weighted by molar-refractivity contribution is 5.90. The van der Waals surface area contributed by atoms with Crippen LogP contribution in [0, 0.1) is 0 Å². The van der Waals surface area contributed by atoms with Crippen LogP contribution in [0.25, 0.3) is 21.9 Å². The van der Waals surface area contributed by atoms with Crippen LogP contribution in [0.1, 0.15) is 38.5 Å². The zero-order chi connectivity index (χ0) is 26.8. The smallest absolute Gasteiger partial charge is 0.320 e. The molecule has 2 N–H and O–H groups in total. The first-order valence-electron chi connectivity index (χ1n) is 14.6. The monoisotopic (exact) mass is 541 g/mol.